The summed E-state index contributed by atoms with van der Waals surface area (Å²) >= 11 is 1.21. The largest absolute Gasteiger partial charge is 0.416 e. The Morgan fingerprint density at radius 2 is 1.61 bits per heavy atom. The Kier molecular flexibility index (Phi) is 7.81. The quantitative estimate of drug-likeness (QED) is 0.351. The second-order valence-electron chi connectivity index (χ2n) is 7.53. The molecule has 33 heavy (non-hydrogen) atoms. The van der Waals surface area contributed by atoms with Gasteiger partial charge in [0.15, 0.2) is 0 Å². The molecule has 0 saturated heterocycles. The van der Waals surface area contributed by atoms with Crippen molar-refractivity contribution in [3.63, 3.8) is 0 Å². The van der Waals surface area contributed by atoms with Crippen LogP contribution in [0.1, 0.15) is 29.8 Å². The molecule has 0 aliphatic heterocycles. The number of hydrogen-bond acceptors (Lipinski definition) is 3. The van der Waals surface area contributed by atoms with Crippen LogP contribution in [0.5, 0.6) is 0 Å². The van der Waals surface area contributed by atoms with Crippen LogP contribution in [-0.2, 0) is 11.0 Å². The molecule has 0 bridgehead atoms. The van der Waals surface area contributed by atoms with E-state index in [0.717, 1.165) is 12.1 Å². The Hall–Kier alpha value is -3.26. The van der Waals surface area contributed by atoms with E-state index in [2.05, 4.69) is 5.43 Å². The number of hydrazine groups is 1. The van der Waals surface area contributed by atoms with E-state index in [1.807, 2.05) is 0 Å². The van der Waals surface area contributed by atoms with E-state index in [1.165, 1.54) is 22.8 Å². The van der Waals surface area contributed by atoms with Gasteiger partial charge in [0.05, 0.1) is 11.3 Å². The standard InChI is InChI=1S/C25H23F3N2O2S/c1-17(2)30(29-24(32)18-9-4-3-5-10-18)23(31)16-33-22-14-7-6-13-21(22)19-11-8-12-20(15-19)25(26,27)28/h3-15,17H,16H2,1-2H3,(H,29,32). The van der Waals surface area contributed by atoms with Crippen LogP contribution in [0.4, 0.5) is 13.2 Å². The van der Waals surface area contributed by atoms with Gasteiger partial charge in [-0.3, -0.25) is 20.0 Å². The maximum atomic E-state index is 13.1. The molecule has 0 atom stereocenters. The molecule has 3 aromatic rings. The second-order valence-corrected chi connectivity index (χ2v) is 8.55. The highest BCUT2D eigenvalue weighted by Crippen LogP contribution is 2.35. The van der Waals surface area contributed by atoms with Crippen LogP contribution < -0.4 is 5.43 Å². The Labute approximate surface area is 194 Å². The average molecular weight is 473 g/mol. The molecule has 0 saturated carbocycles. The molecule has 1 N–H and O–H groups in total. The second kappa shape index (κ2) is 10.6. The van der Waals surface area contributed by atoms with Gasteiger partial charge in [0.25, 0.3) is 11.8 Å². The lowest BCUT2D eigenvalue weighted by atomic mass is 10.0. The zero-order chi connectivity index (χ0) is 24.0. The van der Waals surface area contributed by atoms with Crippen molar-refractivity contribution in [3.05, 3.63) is 90.0 Å². The van der Waals surface area contributed by atoms with Gasteiger partial charge in [0, 0.05) is 16.5 Å². The van der Waals surface area contributed by atoms with E-state index >= 15 is 0 Å². The summed E-state index contributed by atoms with van der Waals surface area (Å²) in [6, 6.07) is 20.4. The summed E-state index contributed by atoms with van der Waals surface area (Å²) in [5.74, 6) is -0.714. The third-order valence-electron chi connectivity index (χ3n) is 4.78. The summed E-state index contributed by atoms with van der Waals surface area (Å²) in [6.45, 7) is 3.56. The average Bonchev–Trinajstić information content (AvgIpc) is 2.81. The molecule has 0 unspecified atom stereocenters. The molecule has 0 spiro atoms. The number of amides is 2. The predicted octanol–water partition coefficient (Wildman–Crippen LogP) is 6.05. The fraction of sp³-hybridized carbons (Fsp3) is 0.200. The molecule has 0 aliphatic rings. The molecular formula is C25H23F3N2O2S. The number of rotatable bonds is 6. The number of benzene rings is 3. The van der Waals surface area contributed by atoms with Crippen molar-refractivity contribution in [2.24, 2.45) is 0 Å². The lowest BCUT2D eigenvalue weighted by Gasteiger charge is -2.27. The Balaban J connectivity index is 1.75. The molecule has 172 valence electrons. The highest BCUT2D eigenvalue weighted by atomic mass is 32.2. The summed E-state index contributed by atoms with van der Waals surface area (Å²) in [5.41, 5.74) is 3.36. The third kappa shape index (κ3) is 6.38. The van der Waals surface area contributed by atoms with Crippen molar-refractivity contribution in [2.45, 2.75) is 31.0 Å². The minimum Gasteiger partial charge on any atom is -0.272 e. The number of thioether (sulfide) groups is 1. The van der Waals surface area contributed by atoms with Crippen molar-refractivity contribution >= 4 is 23.6 Å². The first-order valence-corrected chi connectivity index (χ1v) is 11.2. The fourth-order valence-electron chi connectivity index (χ4n) is 3.15. The van der Waals surface area contributed by atoms with E-state index in [9.17, 15) is 22.8 Å². The summed E-state index contributed by atoms with van der Waals surface area (Å²) in [5, 5.41) is 1.27. The van der Waals surface area contributed by atoms with Crippen molar-refractivity contribution in [3.8, 4) is 11.1 Å². The highest BCUT2D eigenvalue weighted by molar-refractivity contribution is 8.00. The molecule has 4 nitrogen and oxygen atoms in total. The molecule has 0 aliphatic carbocycles. The number of nitrogens with zero attached hydrogens (tertiary/aromatic N) is 1. The van der Waals surface area contributed by atoms with Crippen LogP contribution in [0.25, 0.3) is 11.1 Å². The van der Waals surface area contributed by atoms with Gasteiger partial charge in [-0.25, -0.2) is 0 Å². The first kappa shape index (κ1) is 24.4. The van der Waals surface area contributed by atoms with Crippen molar-refractivity contribution in [1.82, 2.24) is 10.4 Å². The van der Waals surface area contributed by atoms with E-state index < -0.39 is 17.6 Å². The number of halogens is 3. The van der Waals surface area contributed by atoms with Crippen LogP contribution in [0.15, 0.2) is 83.8 Å². The van der Waals surface area contributed by atoms with Gasteiger partial charge in [-0.05, 0) is 55.3 Å². The monoisotopic (exact) mass is 472 g/mol. The van der Waals surface area contributed by atoms with Gasteiger partial charge in [-0.2, -0.15) is 13.2 Å². The zero-order valence-corrected chi connectivity index (χ0v) is 18.9. The van der Waals surface area contributed by atoms with Crippen LogP contribution in [-0.4, -0.2) is 28.6 Å². The van der Waals surface area contributed by atoms with E-state index in [-0.39, 0.29) is 17.7 Å². The number of nitrogens with one attached hydrogen (secondary N) is 1. The van der Waals surface area contributed by atoms with Crippen LogP contribution in [0.2, 0.25) is 0 Å². The maximum absolute atomic E-state index is 13.1. The summed E-state index contributed by atoms with van der Waals surface area (Å²) in [7, 11) is 0. The molecule has 0 fully saturated rings. The van der Waals surface area contributed by atoms with Gasteiger partial charge in [-0.1, -0.05) is 48.5 Å². The van der Waals surface area contributed by atoms with Gasteiger partial charge in [0.1, 0.15) is 0 Å². The minimum absolute atomic E-state index is 0.00320. The van der Waals surface area contributed by atoms with Crippen molar-refractivity contribution in [2.75, 3.05) is 5.75 Å². The predicted molar refractivity (Wildman–Crippen MR) is 123 cm³/mol. The Morgan fingerprint density at radius 3 is 2.27 bits per heavy atom. The highest BCUT2D eigenvalue weighted by Gasteiger charge is 2.30. The molecule has 0 aromatic heterocycles. The molecule has 3 rings (SSSR count). The summed E-state index contributed by atoms with van der Waals surface area (Å²) < 4.78 is 39.4. The first-order chi connectivity index (χ1) is 15.7. The summed E-state index contributed by atoms with van der Waals surface area (Å²) in [4.78, 5) is 26.1. The molecule has 3 aromatic carbocycles. The Bertz CT molecular complexity index is 1120. The molecule has 2 amide bonds. The molecule has 0 radical (unpaired) electrons. The topological polar surface area (TPSA) is 49.4 Å². The first-order valence-electron chi connectivity index (χ1n) is 10.2. The third-order valence-corrected chi connectivity index (χ3v) is 5.84. The van der Waals surface area contributed by atoms with Gasteiger partial charge in [0.2, 0.25) is 0 Å². The fourth-order valence-corrected chi connectivity index (χ4v) is 4.08. The smallest absolute Gasteiger partial charge is 0.272 e. The summed E-state index contributed by atoms with van der Waals surface area (Å²) in [6.07, 6.45) is -4.44. The molecule has 8 heteroatoms. The minimum atomic E-state index is -4.44. The van der Waals surface area contributed by atoms with Crippen LogP contribution >= 0.6 is 11.8 Å². The number of hydrogen-bond donors (Lipinski definition) is 1. The molecule has 0 heterocycles. The van der Waals surface area contributed by atoms with Crippen molar-refractivity contribution < 1.29 is 22.8 Å². The lowest BCUT2D eigenvalue weighted by molar-refractivity contribution is -0.137. The lowest BCUT2D eigenvalue weighted by Crippen LogP contribution is -2.50. The van der Waals surface area contributed by atoms with Crippen molar-refractivity contribution in [1.29, 1.82) is 0 Å². The van der Waals surface area contributed by atoms with Crippen LogP contribution in [0.3, 0.4) is 0 Å². The van der Waals surface area contributed by atoms with Gasteiger partial charge in [-0.15, -0.1) is 11.8 Å². The number of carbonyl (C=O) groups is 2. The number of alkyl halides is 3. The van der Waals surface area contributed by atoms with E-state index in [4.69, 9.17) is 0 Å². The maximum Gasteiger partial charge on any atom is 0.416 e. The van der Waals surface area contributed by atoms with Crippen LogP contribution in [0, 0.1) is 0 Å². The Morgan fingerprint density at radius 1 is 0.939 bits per heavy atom. The van der Waals surface area contributed by atoms with E-state index in [0.29, 0.717) is 21.6 Å². The van der Waals surface area contributed by atoms with Gasteiger partial charge >= 0.3 is 6.18 Å². The SMILES string of the molecule is CC(C)N(NC(=O)c1ccccc1)C(=O)CSc1ccccc1-c1cccc(C(F)(F)F)c1. The number of carbonyl (C=O) groups excluding carboxylic acids is 2. The molecular weight excluding hydrogens is 449 g/mol. The van der Waals surface area contributed by atoms with E-state index in [1.54, 1.807) is 74.5 Å². The normalized spacial score (nSPS) is 11.3. The van der Waals surface area contributed by atoms with Gasteiger partial charge < -0.3 is 0 Å². The zero-order valence-electron chi connectivity index (χ0n) is 18.1.